The smallest absolute Gasteiger partial charge is 0.219 e. The quantitative estimate of drug-likeness (QED) is 0.671. The zero-order valence-corrected chi connectivity index (χ0v) is 8.10. The van der Waals surface area contributed by atoms with Crippen LogP contribution in [0, 0.1) is 5.92 Å². The number of hydrogen-bond donors (Lipinski definition) is 1. The van der Waals surface area contributed by atoms with Crippen molar-refractivity contribution in [2.75, 3.05) is 0 Å². The molecule has 0 aromatic heterocycles. The molecule has 2 nitrogen and oxygen atoms in total. The highest BCUT2D eigenvalue weighted by Gasteiger charge is 2.25. The topological polar surface area (TPSA) is 29.1 Å². The number of carbonyl (C=O) groups is 1. The first-order valence-corrected chi connectivity index (χ1v) is 5.05. The van der Waals surface area contributed by atoms with Crippen LogP contribution in [-0.2, 0) is 4.79 Å². The summed E-state index contributed by atoms with van der Waals surface area (Å²) < 4.78 is 0. The predicted molar refractivity (Wildman–Crippen MR) is 49.9 cm³/mol. The Bertz CT molecular complexity index is 152. The molecule has 1 fully saturated rings. The van der Waals surface area contributed by atoms with Crippen LogP contribution >= 0.6 is 0 Å². The molecule has 1 unspecified atom stereocenters. The summed E-state index contributed by atoms with van der Waals surface area (Å²) in [6, 6.07) is 0.435. The third-order valence-corrected chi connectivity index (χ3v) is 2.49. The van der Waals surface area contributed by atoms with Gasteiger partial charge in [-0.15, -0.1) is 0 Å². The third-order valence-electron chi connectivity index (χ3n) is 2.49. The van der Waals surface area contributed by atoms with Crippen LogP contribution in [0.2, 0.25) is 0 Å². The Balaban J connectivity index is 2.18. The van der Waals surface area contributed by atoms with Gasteiger partial charge < -0.3 is 5.32 Å². The Morgan fingerprint density at radius 2 is 2.17 bits per heavy atom. The van der Waals surface area contributed by atoms with Crippen molar-refractivity contribution in [1.29, 1.82) is 0 Å². The van der Waals surface area contributed by atoms with Gasteiger partial charge in [-0.3, -0.25) is 4.79 Å². The highest BCUT2D eigenvalue weighted by atomic mass is 16.1. The Labute approximate surface area is 74.7 Å². The summed E-state index contributed by atoms with van der Waals surface area (Å²) in [7, 11) is 0. The van der Waals surface area contributed by atoms with Crippen molar-refractivity contribution in [3.63, 3.8) is 0 Å². The molecule has 1 atom stereocenters. The Hall–Kier alpha value is -0.530. The molecule has 1 rings (SSSR count). The Morgan fingerprint density at radius 3 is 2.58 bits per heavy atom. The van der Waals surface area contributed by atoms with Crippen molar-refractivity contribution in [2.45, 2.75) is 52.0 Å². The summed E-state index contributed by atoms with van der Waals surface area (Å²) >= 11 is 0. The molecule has 1 amide bonds. The lowest BCUT2D eigenvalue weighted by Gasteiger charge is -2.15. The zero-order chi connectivity index (χ0) is 8.97. The van der Waals surface area contributed by atoms with Gasteiger partial charge in [0.05, 0.1) is 0 Å². The molecule has 0 aliphatic heterocycles. The molecule has 1 N–H and O–H groups in total. The van der Waals surface area contributed by atoms with Crippen LogP contribution in [0.25, 0.3) is 0 Å². The molecule has 0 spiro atoms. The van der Waals surface area contributed by atoms with E-state index < -0.39 is 0 Å². The van der Waals surface area contributed by atoms with E-state index in [9.17, 15) is 4.79 Å². The van der Waals surface area contributed by atoms with Gasteiger partial charge in [-0.2, -0.15) is 0 Å². The van der Waals surface area contributed by atoms with Gasteiger partial charge in [-0.05, 0) is 18.8 Å². The number of rotatable bonds is 5. The lowest BCUT2D eigenvalue weighted by Crippen LogP contribution is -2.34. The van der Waals surface area contributed by atoms with Crippen molar-refractivity contribution < 1.29 is 4.79 Å². The normalized spacial score (nSPS) is 18.8. The van der Waals surface area contributed by atoms with E-state index in [0.29, 0.717) is 12.5 Å². The molecule has 0 radical (unpaired) electrons. The molecule has 2 heteroatoms. The summed E-state index contributed by atoms with van der Waals surface area (Å²) in [6.45, 7) is 4.04. The van der Waals surface area contributed by atoms with E-state index in [0.717, 1.165) is 12.3 Å². The Morgan fingerprint density at radius 1 is 1.50 bits per heavy atom. The maximum absolute atomic E-state index is 11.1. The van der Waals surface area contributed by atoms with Crippen molar-refractivity contribution in [3.05, 3.63) is 0 Å². The minimum Gasteiger partial charge on any atom is -0.353 e. The van der Waals surface area contributed by atoms with Crippen molar-refractivity contribution in [3.8, 4) is 0 Å². The molecule has 1 aliphatic carbocycles. The van der Waals surface area contributed by atoms with Crippen LogP contribution in [0.5, 0.6) is 0 Å². The van der Waals surface area contributed by atoms with Gasteiger partial charge >= 0.3 is 0 Å². The Kier molecular flexibility index (Phi) is 3.57. The highest BCUT2D eigenvalue weighted by molar-refractivity contribution is 5.75. The minimum atomic E-state index is 0.197. The predicted octanol–water partition coefficient (Wildman–Crippen LogP) is 2.09. The minimum absolute atomic E-state index is 0.197. The van der Waals surface area contributed by atoms with E-state index in [4.69, 9.17) is 0 Å². The van der Waals surface area contributed by atoms with E-state index in [1.165, 1.54) is 19.3 Å². The van der Waals surface area contributed by atoms with Gasteiger partial charge in [-0.1, -0.05) is 26.7 Å². The SMILES string of the molecule is CCC(=O)NC(CC)CC1CC1. The fraction of sp³-hybridized carbons (Fsp3) is 0.900. The molecular formula is C10H19NO. The monoisotopic (exact) mass is 169 g/mol. The molecule has 0 saturated heterocycles. The second kappa shape index (κ2) is 4.48. The largest absolute Gasteiger partial charge is 0.353 e. The van der Waals surface area contributed by atoms with Crippen LogP contribution in [0.1, 0.15) is 46.0 Å². The first kappa shape index (κ1) is 9.56. The van der Waals surface area contributed by atoms with Gasteiger partial charge in [0.1, 0.15) is 0 Å². The summed E-state index contributed by atoms with van der Waals surface area (Å²) in [6.07, 6.45) is 5.63. The lowest BCUT2D eigenvalue weighted by atomic mass is 10.1. The summed E-state index contributed by atoms with van der Waals surface area (Å²) in [4.78, 5) is 11.1. The lowest BCUT2D eigenvalue weighted by molar-refractivity contribution is -0.121. The second-order valence-corrected chi connectivity index (χ2v) is 3.71. The molecule has 0 aromatic rings. The van der Waals surface area contributed by atoms with E-state index in [1.807, 2.05) is 6.92 Å². The van der Waals surface area contributed by atoms with Gasteiger partial charge in [0.2, 0.25) is 5.91 Å². The van der Waals surface area contributed by atoms with Crippen LogP contribution in [0.4, 0.5) is 0 Å². The molecule has 70 valence electrons. The van der Waals surface area contributed by atoms with Crippen molar-refractivity contribution in [1.82, 2.24) is 5.32 Å². The summed E-state index contributed by atoms with van der Waals surface area (Å²) in [5, 5.41) is 3.05. The average Bonchev–Trinajstić information content (AvgIpc) is 2.86. The number of carbonyl (C=O) groups excluding carboxylic acids is 1. The van der Waals surface area contributed by atoms with E-state index in [-0.39, 0.29) is 5.91 Å². The van der Waals surface area contributed by atoms with Crippen molar-refractivity contribution in [2.24, 2.45) is 5.92 Å². The number of hydrogen-bond acceptors (Lipinski definition) is 1. The maximum atomic E-state index is 11.1. The van der Waals surface area contributed by atoms with Crippen LogP contribution in [-0.4, -0.2) is 11.9 Å². The van der Waals surface area contributed by atoms with Gasteiger partial charge in [0.25, 0.3) is 0 Å². The average molecular weight is 169 g/mol. The van der Waals surface area contributed by atoms with E-state index in [2.05, 4.69) is 12.2 Å². The van der Waals surface area contributed by atoms with Crippen LogP contribution < -0.4 is 5.32 Å². The van der Waals surface area contributed by atoms with Gasteiger partial charge in [0.15, 0.2) is 0 Å². The van der Waals surface area contributed by atoms with Crippen molar-refractivity contribution >= 4 is 5.91 Å². The maximum Gasteiger partial charge on any atom is 0.219 e. The summed E-state index contributed by atoms with van der Waals surface area (Å²) in [5.41, 5.74) is 0. The fourth-order valence-electron chi connectivity index (χ4n) is 1.41. The van der Waals surface area contributed by atoms with Gasteiger partial charge in [0, 0.05) is 12.5 Å². The summed E-state index contributed by atoms with van der Waals surface area (Å²) in [5.74, 6) is 1.11. The first-order valence-electron chi connectivity index (χ1n) is 5.05. The van der Waals surface area contributed by atoms with E-state index >= 15 is 0 Å². The second-order valence-electron chi connectivity index (χ2n) is 3.71. The standard InChI is InChI=1S/C10H19NO/c1-3-9(7-8-5-6-8)11-10(12)4-2/h8-9H,3-7H2,1-2H3,(H,11,12). The molecule has 1 saturated carbocycles. The highest BCUT2D eigenvalue weighted by Crippen LogP contribution is 2.33. The molecular weight excluding hydrogens is 150 g/mol. The third kappa shape index (κ3) is 3.24. The van der Waals surface area contributed by atoms with Crippen LogP contribution in [0.3, 0.4) is 0 Å². The number of nitrogens with one attached hydrogen (secondary N) is 1. The first-order chi connectivity index (χ1) is 5.76. The van der Waals surface area contributed by atoms with Crippen LogP contribution in [0.15, 0.2) is 0 Å². The fourth-order valence-corrected chi connectivity index (χ4v) is 1.41. The zero-order valence-electron chi connectivity index (χ0n) is 8.10. The molecule has 0 bridgehead atoms. The van der Waals surface area contributed by atoms with Gasteiger partial charge in [-0.25, -0.2) is 0 Å². The molecule has 0 aromatic carbocycles. The number of amides is 1. The molecule has 1 aliphatic rings. The molecule has 0 heterocycles. The van der Waals surface area contributed by atoms with E-state index in [1.54, 1.807) is 0 Å². The molecule has 12 heavy (non-hydrogen) atoms.